The van der Waals surface area contributed by atoms with Gasteiger partial charge in [-0.1, -0.05) is 11.3 Å². The van der Waals surface area contributed by atoms with Gasteiger partial charge in [0.25, 0.3) is 0 Å². The minimum Gasteiger partial charge on any atom is -0.371 e. The van der Waals surface area contributed by atoms with Crippen LogP contribution in [0, 0.1) is 0 Å². The third-order valence-electron chi connectivity index (χ3n) is 3.84. The molecule has 104 valence electrons. The second-order valence-electron chi connectivity index (χ2n) is 5.13. The molecule has 0 radical (unpaired) electrons. The van der Waals surface area contributed by atoms with Crippen molar-refractivity contribution in [2.24, 2.45) is 5.73 Å². The zero-order valence-electron chi connectivity index (χ0n) is 10.8. The molecule has 0 saturated carbocycles. The Bertz CT molecular complexity index is 602. The zero-order valence-corrected chi connectivity index (χ0v) is 10.8. The molecule has 2 aliphatic rings. The Morgan fingerprint density at radius 3 is 2.90 bits per heavy atom. The van der Waals surface area contributed by atoms with Crippen LogP contribution in [-0.2, 0) is 9.47 Å². The Hall–Kier alpha value is -1.83. The number of hydrogen-bond acceptors (Lipinski definition) is 6. The molecule has 2 fully saturated rings. The predicted molar refractivity (Wildman–Crippen MR) is 69.7 cm³/mol. The highest BCUT2D eigenvalue weighted by Crippen LogP contribution is 2.33. The maximum Gasteiger partial charge on any atom is 0.131 e. The van der Waals surface area contributed by atoms with Crippen LogP contribution in [0.15, 0.2) is 30.6 Å². The number of nitrogens with two attached hydrogens (primary N) is 1. The SMILES string of the molecule is N[C@H]1CO[C@H]2[C@H]1OC[C@H]2n1cc(-c2ccccn2)nn1. The van der Waals surface area contributed by atoms with Crippen LogP contribution in [0.5, 0.6) is 0 Å². The van der Waals surface area contributed by atoms with E-state index in [0.717, 1.165) is 11.4 Å². The molecule has 4 heterocycles. The van der Waals surface area contributed by atoms with Crippen molar-refractivity contribution in [2.45, 2.75) is 24.3 Å². The Morgan fingerprint density at radius 1 is 1.15 bits per heavy atom. The van der Waals surface area contributed by atoms with Crippen molar-refractivity contribution in [3.8, 4) is 11.4 Å². The smallest absolute Gasteiger partial charge is 0.131 e. The highest BCUT2D eigenvalue weighted by molar-refractivity contribution is 5.51. The van der Waals surface area contributed by atoms with Crippen molar-refractivity contribution in [3.05, 3.63) is 30.6 Å². The lowest BCUT2D eigenvalue weighted by molar-refractivity contribution is 0.0627. The van der Waals surface area contributed by atoms with Crippen molar-refractivity contribution in [1.82, 2.24) is 20.0 Å². The molecule has 0 aliphatic carbocycles. The van der Waals surface area contributed by atoms with E-state index in [9.17, 15) is 0 Å². The first-order valence-electron chi connectivity index (χ1n) is 6.65. The summed E-state index contributed by atoms with van der Waals surface area (Å²) in [5.74, 6) is 0. The molecular weight excluding hydrogens is 258 g/mol. The van der Waals surface area contributed by atoms with Gasteiger partial charge in [-0.05, 0) is 12.1 Å². The second-order valence-corrected chi connectivity index (χ2v) is 5.13. The lowest BCUT2D eigenvalue weighted by atomic mass is 10.1. The van der Waals surface area contributed by atoms with Gasteiger partial charge in [-0.15, -0.1) is 5.10 Å². The van der Waals surface area contributed by atoms with Gasteiger partial charge in [0, 0.05) is 6.20 Å². The first-order valence-corrected chi connectivity index (χ1v) is 6.65. The van der Waals surface area contributed by atoms with E-state index in [4.69, 9.17) is 15.2 Å². The number of aromatic nitrogens is 4. The Labute approximate surface area is 115 Å². The first-order chi connectivity index (χ1) is 9.83. The zero-order chi connectivity index (χ0) is 13.5. The van der Waals surface area contributed by atoms with Gasteiger partial charge in [0.2, 0.25) is 0 Å². The molecule has 4 rings (SSSR count). The average Bonchev–Trinajstić information content (AvgIpc) is 3.18. The van der Waals surface area contributed by atoms with Crippen LogP contribution >= 0.6 is 0 Å². The molecule has 7 heteroatoms. The number of pyridine rings is 1. The summed E-state index contributed by atoms with van der Waals surface area (Å²) in [6, 6.07) is 5.68. The van der Waals surface area contributed by atoms with E-state index in [1.54, 1.807) is 10.9 Å². The van der Waals surface area contributed by atoms with E-state index in [1.165, 1.54) is 0 Å². The maximum atomic E-state index is 5.95. The highest BCUT2D eigenvalue weighted by Gasteiger charge is 2.47. The third-order valence-corrected chi connectivity index (χ3v) is 3.84. The van der Waals surface area contributed by atoms with Gasteiger partial charge < -0.3 is 15.2 Å². The normalized spacial score (nSPS) is 32.5. The second kappa shape index (κ2) is 4.62. The van der Waals surface area contributed by atoms with E-state index in [0.29, 0.717) is 13.2 Å². The topological polar surface area (TPSA) is 88.1 Å². The van der Waals surface area contributed by atoms with Crippen LogP contribution in [0.3, 0.4) is 0 Å². The Balaban J connectivity index is 1.60. The number of ether oxygens (including phenoxy) is 2. The lowest BCUT2D eigenvalue weighted by Crippen LogP contribution is -2.36. The number of fused-ring (bicyclic) bond motifs is 1. The minimum atomic E-state index is -0.0521. The molecule has 0 amide bonds. The molecular formula is C13H15N5O2. The predicted octanol–water partition coefficient (Wildman–Crippen LogP) is 0.00610. The summed E-state index contributed by atoms with van der Waals surface area (Å²) in [5, 5.41) is 8.36. The molecule has 2 aliphatic heterocycles. The van der Waals surface area contributed by atoms with Crippen molar-refractivity contribution >= 4 is 0 Å². The molecule has 2 N–H and O–H groups in total. The fourth-order valence-electron chi connectivity index (χ4n) is 2.81. The van der Waals surface area contributed by atoms with Crippen LogP contribution in [0.1, 0.15) is 6.04 Å². The molecule has 2 saturated heterocycles. The molecule has 0 bridgehead atoms. The van der Waals surface area contributed by atoms with Crippen molar-refractivity contribution in [2.75, 3.05) is 13.2 Å². The molecule has 2 aromatic rings. The summed E-state index contributed by atoms with van der Waals surface area (Å²) < 4.78 is 13.2. The molecule has 0 spiro atoms. The molecule has 4 atom stereocenters. The van der Waals surface area contributed by atoms with E-state index < -0.39 is 0 Å². The molecule has 0 unspecified atom stereocenters. The molecule has 0 aromatic carbocycles. The quantitative estimate of drug-likeness (QED) is 0.829. The third kappa shape index (κ3) is 1.82. The van der Waals surface area contributed by atoms with E-state index >= 15 is 0 Å². The minimum absolute atomic E-state index is 0.0264. The van der Waals surface area contributed by atoms with Gasteiger partial charge in [0.15, 0.2) is 0 Å². The Morgan fingerprint density at radius 2 is 2.05 bits per heavy atom. The van der Waals surface area contributed by atoms with E-state index in [1.807, 2.05) is 24.4 Å². The van der Waals surface area contributed by atoms with E-state index in [-0.39, 0.29) is 24.3 Å². The lowest BCUT2D eigenvalue weighted by Gasteiger charge is -2.15. The van der Waals surface area contributed by atoms with Crippen molar-refractivity contribution in [1.29, 1.82) is 0 Å². The average molecular weight is 273 g/mol. The van der Waals surface area contributed by atoms with Gasteiger partial charge in [-0.3, -0.25) is 4.98 Å². The van der Waals surface area contributed by atoms with Crippen LogP contribution in [0.4, 0.5) is 0 Å². The van der Waals surface area contributed by atoms with Gasteiger partial charge in [0.1, 0.15) is 23.9 Å². The van der Waals surface area contributed by atoms with Crippen LogP contribution < -0.4 is 5.73 Å². The Kier molecular flexibility index (Phi) is 2.76. The van der Waals surface area contributed by atoms with Gasteiger partial charge in [0.05, 0.1) is 31.1 Å². The van der Waals surface area contributed by atoms with Gasteiger partial charge in [-0.2, -0.15) is 0 Å². The van der Waals surface area contributed by atoms with E-state index in [2.05, 4.69) is 15.3 Å². The van der Waals surface area contributed by atoms with Crippen molar-refractivity contribution in [3.63, 3.8) is 0 Å². The number of rotatable bonds is 2. The largest absolute Gasteiger partial charge is 0.371 e. The molecule has 20 heavy (non-hydrogen) atoms. The van der Waals surface area contributed by atoms with Crippen LogP contribution in [0.25, 0.3) is 11.4 Å². The monoisotopic (exact) mass is 273 g/mol. The summed E-state index contributed by atoms with van der Waals surface area (Å²) in [7, 11) is 0. The summed E-state index contributed by atoms with van der Waals surface area (Å²) >= 11 is 0. The standard InChI is InChI=1S/C13H15N5O2/c14-8-6-19-13-11(7-20-12(8)13)18-5-10(16-17-18)9-3-1-2-4-15-9/h1-5,8,11-13H,6-7,14H2/t8-,11+,12-,13+/m0/s1. The first kappa shape index (κ1) is 12.0. The summed E-state index contributed by atoms with van der Waals surface area (Å²) in [6.45, 7) is 1.09. The molecule has 2 aromatic heterocycles. The summed E-state index contributed by atoms with van der Waals surface area (Å²) in [4.78, 5) is 4.27. The van der Waals surface area contributed by atoms with Gasteiger partial charge in [-0.25, -0.2) is 4.68 Å². The summed E-state index contributed by atoms with van der Waals surface area (Å²) in [5.41, 5.74) is 7.50. The maximum absolute atomic E-state index is 5.95. The number of hydrogen-bond donors (Lipinski definition) is 1. The van der Waals surface area contributed by atoms with Gasteiger partial charge >= 0.3 is 0 Å². The molecule has 7 nitrogen and oxygen atoms in total. The van der Waals surface area contributed by atoms with Crippen LogP contribution in [0.2, 0.25) is 0 Å². The fourth-order valence-corrected chi connectivity index (χ4v) is 2.81. The van der Waals surface area contributed by atoms with Crippen LogP contribution in [-0.4, -0.2) is 51.4 Å². The number of nitrogens with zero attached hydrogens (tertiary/aromatic N) is 4. The fraction of sp³-hybridized carbons (Fsp3) is 0.462. The van der Waals surface area contributed by atoms with Crippen molar-refractivity contribution < 1.29 is 9.47 Å². The highest BCUT2D eigenvalue weighted by atomic mass is 16.6. The summed E-state index contributed by atoms with van der Waals surface area (Å²) in [6.07, 6.45) is 3.54.